The van der Waals surface area contributed by atoms with E-state index in [9.17, 15) is 14.0 Å². The van der Waals surface area contributed by atoms with Crippen LogP contribution in [0.3, 0.4) is 0 Å². The monoisotopic (exact) mass is 450 g/mol. The van der Waals surface area contributed by atoms with Gasteiger partial charge in [0.25, 0.3) is 5.91 Å². The molecule has 0 unspecified atom stereocenters. The lowest BCUT2D eigenvalue weighted by Crippen LogP contribution is -2.15. The van der Waals surface area contributed by atoms with Crippen LogP contribution in [0.5, 0.6) is 0 Å². The quantitative estimate of drug-likeness (QED) is 0.426. The fourth-order valence-electron chi connectivity index (χ4n) is 3.66. The zero-order chi connectivity index (χ0) is 23.9. The van der Waals surface area contributed by atoms with E-state index < -0.39 is 17.7 Å². The van der Waals surface area contributed by atoms with E-state index >= 15 is 0 Å². The molecule has 1 aromatic carbocycles. The van der Waals surface area contributed by atoms with E-state index in [1.54, 1.807) is 16.9 Å². The number of hydrogen-bond donors (Lipinski definition) is 1. The number of esters is 1. The summed E-state index contributed by atoms with van der Waals surface area (Å²) in [5.41, 5.74) is 2.05. The maximum Gasteiger partial charge on any atom is 0.337 e. The Morgan fingerprint density at radius 1 is 1.18 bits per heavy atom. The summed E-state index contributed by atoms with van der Waals surface area (Å²) < 4.78 is 26.5. The van der Waals surface area contributed by atoms with Gasteiger partial charge in [0.05, 0.1) is 41.2 Å². The fourth-order valence-corrected chi connectivity index (χ4v) is 3.66. The summed E-state index contributed by atoms with van der Waals surface area (Å²) in [6.45, 7) is 7.57. The molecule has 8 nitrogen and oxygen atoms in total. The third kappa shape index (κ3) is 4.09. The Morgan fingerprint density at radius 2 is 1.94 bits per heavy atom. The van der Waals surface area contributed by atoms with Crippen LogP contribution in [-0.4, -0.2) is 33.8 Å². The molecule has 4 rings (SSSR count). The van der Waals surface area contributed by atoms with Crippen molar-refractivity contribution >= 4 is 28.6 Å². The Labute approximate surface area is 189 Å². The maximum absolute atomic E-state index is 14.4. The summed E-state index contributed by atoms with van der Waals surface area (Å²) in [6.07, 6.45) is 1.57. The molecule has 33 heavy (non-hydrogen) atoms. The Kier molecular flexibility index (Phi) is 5.71. The molecule has 9 heteroatoms. The molecular formula is C24H23FN4O4. The SMILES string of the molecule is COC(=O)c1ccc(F)c(NC(=O)c2cc(-c3cc(C)oc3C)nc3c2cnn3C(C)C)c1. The summed E-state index contributed by atoms with van der Waals surface area (Å²) in [7, 11) is 1.23. The third-order valence-corrected chi connectivity index (χ3v) is 5.25. The van der Waals surface area contributed by atoms with Crippen LogP contribution in [0.4, 0.5) is 10.1 Å². The number of pyridine rings is 1. The first-order valence-electron chi connectivity index (χ1n) is 10.3. The first-order valence-corrected chi connectivity index (χ1v) is 10.3. The fraction of sp³-hybridized carbons (Fsp3) is 0.250. The van der Waals surface area contributed by atoms with Gasteiger partial charge < -0.3 is 14.5 Å². The Balaban J connectivity index is 1.84. The number of rotatable bonds is 5. The van der Waals surface area contributed by atoms with Gasteiger partial charge in [-0.3, -0.25) is 4.79 Å². The number of aromatic nitrogens is 3. The molecule has 3 heterocycles. The van der Waals surface area contributed by atoms with Gasteiger partial charge in [-0.25, -0.2) is 18.9 Å². The summed E-state index contributed by atoms with van der Waals surface area (Å²) in [6, 6.07) is 7.10. The number of hydrogen-bond acceptors (Lipinski definition) is 6. The molecule has 0 saturated carbocycles. The number of ether oxygens (including phenoxy) is 1. The number of nitrogens with one attached hydrogen (secondary N) is 1. The van der Waals surface area contributed by atoms with Gasteiger partial charge in [0.15, 0.2) is 5.65 Å². The van der Waals surface area contributed by atoms with E-state index in [1.165, 1.54) is 19.2 Å². The van der Waals surface area contributed by atoms with E-state index in [4.69, 9.17) is 9.40 Å². The average molecular weight is 450 g/mol. The second-order valence-corrected chi connectivity index (χ2v) is 7.94. The van der Waals surface area contributed by atoms with Crippen molar-refractivity contribution in [3.63, 3.8) is 0 Å². The summed E-state index contributed by atoms with van der Waals surface area (Å²) in [4.78, 5) is 29.9. The molecule has 0 aliphatic heterocycles. The van der Waals surface area contributed by atoms with E-state index in [0.29, 0.717) is 22.5 Å². The lowest BCUT2D eigenvalue weighted by molar-refractivity contribution is 0.0600. The van der Waals surface area contributed by atoms with Gasteiger partial charge in [-0.2, -0.15) is 5.10 Å². The zero-order valence-corrected chi connectivity index (χ0v) is 18.9. The van der Waals surface area contributed by atoms with Crippen LogP contribution in [0.15, 0.2) is 40.9 Å². The van der Waals surface area contributed by atoms with Gasteiger partial charge >= 0.3 is 5.97 Å². The number of furan rings is 1. The van der Waals surface area contributed by atoms with Gasteiger partial charge in [0.2, 0.25) is 0 Å². The number of anilines is 1. The minimum absolute atomic E-state index is 0.00234. The molecule has 0 bridgehead atoms. The van der Waals surface area contributed by atoms with E-state index in [-0.39, 0.29) is 22.9 Å². The molecule has 0 saturated heterocycles. The number of nitrogens with zero attached hydrogens (tertiary/aromatic N) is 3. The highest BCUT2D eigenvalue weighted by Gasteiger charge is 2.21. The average Bonchev–Trinajstić information content (AvgIpc) is 3.36. The maximum atomic E-state index is 14.4. The van der Waals surface area contributed by atoms with Crippen molar-refractivity contribution < 1.29 is 23.1 Å². The normalized spacial score (nSPS) is 11.2. The number of carbonyl (C=O) groups is 2. The molecule has 0 radical (unpaired) electrons. The molecule has 1 amide bonds. The number of carbonyl (C=O) groups excluding carboxylic acids is 2. The van der Waals surface area contributed by atoms with Gasteiger partial charge in [-0.1, -0.05) is 0 Å². The highest BCUT2D eigenvalue weighted by Crippen LogP contribution is 2.30. The molecule has 0 aliphatic carbocycles. The highest BCUT2D eigenvalue weighted by atomic mass is 19.1. The topological polar surface area (TPSA) is 99.2 Å². The van der Waals surface area contributed by atoms with Crippen LogP contribution < -0.4 is 5.32 Å². The summed E-state index contributed by atoms with van der Waals surface area (Å²) in [5.74, 6) is -0.498. The Morgan fingerprint density at radius 3 is 2.58 bits per heavy atom. The molecule has 4 aromatic rings. The van der Waals surface area contributed by atoms with Crippen molar-refractivity contribution in [1.82, 2.24) is 14.8 Å². The predicted octanol–water partition coefficient (Wildman–Crippen LogP) is 5.07. The molecule has 170 valence electrons. The molecule has 0 fully saturated rings. The third-order valence-electron chi connectivity index (χ3n) is 5.25. The van der Waals surface area contributed by atoms with Crippen LogP contribution in [0.2, 0.25) is 0 Å². The zero-order valence-electron chi connectivity index (χ0n) is 18.9. The number of benzene rings is 1. The number of methoxy groups -OCH3 is 1. The van der Waals surface area contributed by atoms with Crippen molar-refractivity contribution in [3.05, 3.63) is 65.0 Å². The van der Waals surface area contributed by atoms with Crippen LogP contribution in [0.1, 0.15) is 52.1 Å². The number of fused-ring (bicyclic) bond motifs is 1. The molecule has 0 atom stereocenters. The second-order valence-electron chi connectivity index (χ2n) is 7.94. The van der Waals surface area contributed by atoms with Crippen LogP contribution >= 0.6 is 0 Å². The number of halogens is 1. The van der Waals surface area contributed by atoms with Crippen LogP contribution in [0.25, 0.3) is 22.3 Å². The van der Waals surface area contributed by atoms with Gasteiger partial charge in [-0.05, 0) is 58.0 Å². The standard InChI is InChI=1S/C24H23FN4O4/c1-12(2)29-22-18(11-26-29)17(10-20(27-22)16-8-13(3)33-14(16)4)23(30)28-21-9-15(24(31)32-5)6-7-19(21)25/h6-12H,1-5H3,(H,28,30). The minimum Gasteiger partial charge on any atom is -0.466 e. The molecule has 0 aliphatic rings. The van der Waals surface area contributed by atoms with Crippen LogP contribution in [-0.2, 0) is 4.74 Å². The smallest absolute Gasteiger partial charge is 0.337 e. The lowest BCUT2D eigenvalue weighted by atomic mass is 10.1. The Hall–Kier alpha value is -4.01. The second kappa shape index (κ2) is 8.50. The van der Waals surface area contributed by atoms with Crippen LogP contribution in [0, 0.1) is 19.7 Å². The van der Waals surface area contributed by atoms with Crippen molar-refractivity contribution in [2.24, 2.45) is 0 Å². The largest absolute Gasteiger partial charge is 0.466 e. The van der Waals surface area contributed by atoms with Gasteiger partial charge in [-0.15, -0.1) is 0 Å². The highest BCUT2D eigenvalue weighted by molar-refractivity contribution is 6.13. The summed E-state index contributed by atoms with van der Waals surface area (Å²) in [5, 5.41) is 7.47. The van der Waals surface area contributed by atoms with Crippen molar-refractivity contribution in [3.8, 4) is 11.3 Å². The number of amides is 1. The van der Waals surface area contributed by atoms with Gasteiger partial charge in [0.1, 0.15) is 17.3 Å². The Bertz CT molecular complexity index is 1390. The summed E-state index contributed by atoms with van der Waals surface area (Å²) >= 11 is 0. The van der Waals surface area contributed by atoms with E-state index in [2.05, 4.69) is 15.2 Å². The molecular weight excluding hydrogens is 427 g/mol. The molecule has 0 spiro atoms. The first-order chi connectivity index (χ1) is 15.7. The minimum atomic E-state index is -0.680. The molecule has 3 aromatic heterocycles. The van der Waals surface area contributed by atoms with Crippen molar-refractivity contribution in [2.75, 3.05) is 12.4 Å². The van der Waals surface area contributed by atoms with Gasteiger partial charge in [0, 0.05) is 11.6 Å². The van der Waals surface area contributed by atoms with E-state index in [1.807, 2.05) is 33.8 Å². The van der Waals surface area contributed by atoms with Crippen molar-refractivity contribution in [2.45, 2.75) is 33.7 Å². The van der Waals surface area contributed by atoms with E-state index in [0.717, 1.165) is 17.4 Å². The first kappa shape index (κ1) is 22.2. The number of aryl methyl sites for hydroxylation is 2. The van der Waals surface area contributed by atoms with Crippen molar-refractivity contribution in [1.29, 1.82) is 0 Å². The lowest BCUT2D eigenvalue weighted by Gasteiger charge is -2.12. The predicted molar refractivity (Wildman–Crippen MR) is 121 cm³/mol. The molecule has 1 N–H and O–H groups in total.